The van der Waals surface area contributed by atoms with Gasteiger partial charge in [0.2, 0.25) is 0 Å². The Labute approximate surface area is 113 Å². The quantitative estimate of drug-likeness (QED) is 0.779. The molecule has 2 fully saturated rings. The summed E-state index contributed by atoms with van der Waals surface area (Å²) in [5, 5.41) is 0. The zero-order chi connectivity index (χ0) is 13.3. The summed E-state index contributed by atoms with van der Waals surface area (Å²) >= 11 is 0. The summed E-state index contributed by atoms with van der Waals surface area (Å²) in [4.78, 5) is 23.5. The molecule has 0 bridgehead atoms. The average Bonchev–Trinajstić information content (AvgIpc) is 2.67. The highest BCUT2D eigenvalue weighted by Crippen LogP contribution is 2.51. The number of carbonyl (C=O) groups excluding carboxylic acids is 2. The van der Waals surface area contributed by atoms with E-state index in [-0.39, 0.29) is 11.6 Å². The molecule has 19 heavy (non-hydrogen) atoms. The maximum atomic E-state index is 11.8. The van der Waals surface area contributed by atoms with Crippen molar-refractivity contribution in [2.75, 3.05) is 6.61 Å². The molecule has 1 aromatic rings. The van der Waals surface area contributed by atoms with Gasteiger partial charge in [0.25, 0.3) is 0 Å². The number of hydrogen-bond donors (Lipinski definition) is 0. The SMILES string of the molecule is O=C1CCC(=O)C12CC(COCc1ccccc1)C2. The van der Waals surface area contributed by atoms with Crippen LogP contribution in [-0.4, -0.2) is 18.2 Å². The van der Waals surface area contributed by atoms with Crippen LogP contribution in [0, 0.1) is 11.3 Å². The molecule has 100 valence electrons. The molecule has 0 radical (unpaired) electrons. The highest BCUT2D eigenvalue weighted by molar-refractivity contribution is 6.13. The van der Waals surface area contributed by atoms with Crippen molar-refractivity contribution in [3.8, 4) is 0 Å². The van der Waals surface area contributed by atoms with E-state index in [1.807, 2.05) is 30.3 Å². The zero-order valence-electron chi connectivity index (χ0n) is 10.9. The molecule has 1 spiro atoms. The van der Waals surface area contributed by atoms with Crippen LogP contribution < -0.4 is 0 Å². The monoisotopic (exact) mass is 258 g/mol. The third kappa shape index (κ3) is 2.23. The fourth-order valence-corrected chi connectivity index (χ4v) is 3.28. The fraction of sp³-hybridized carbons (Fsp3) is 0.500. The van der Waals surface area contributed by atoms with E-state index in [9.17, 15) is 9.59 Å². The van der Waals surface area contributed by atoms with Crippen molar-refractivity contribution in [2.24, 2.45) is 11.3 Å². The van der Waals surface area contributed by atoms with Gasteiger partial charge < -0.3 is 4.74 Å². The minimum absolute atomic E-state index is 0.164. The number of ketones is 2. The van der Waals surface area contributed by atoms with Crippen LogP contribution in [0.25, 0.3) is 0 Å². The Bertz CT molecular complexity index is 468. The van der Waals surface area contributed by atoms with E-state index in [1.165, 1.54) is 0 Å². The Balaban J connectivity index is 1.45. The first-order chi connectivity index (χ1) is 9.21. The van der Waals surface area contributed by atoms with Crippen molar-refractivity contribution in [3.05, 3.63) is 35.9 Å². The lowest BCUT2D eigenvalue weighted by atomic mass is 9.60. The van der Waals surface area contributed by atoms with Gasteiger partial charge >= 0.3 is 0 Å². The summed E-state index contributed by atoms with van der Waals surface area (Å²) in [6.45, 7) is 1.25. The van der Waals surface area contributed by atoms with Gasteiger partial charge in [-0.05, 0) is 24.3 Å². The van der Waals surface area contributed by atoms with Gasteiger partial charge in [0, 0.05) is 19.4 Å². The first-order valence-corrected chi connectivity index (χ1v) is 6.89. The number of carbonyl (C=O) groups is 2. The van der Waals surface area contributed by atoms with Crippen molar-refractivity contribution >= 4 is 11.6 Å². The second kappa shape index (κ2) is 4.89. The van der Waals surface area contributed by atoms with Gasteiger partial charge in [-0.15, -0.1) is 0 Å². The molecule has 2 saturated carbocycles. The summed E-state index contributed by atoms with van der Waals surface area (Å²) in [5.74, 6) is 0.698. The Kier molecular flexibility index (Phi) is 3.23. The number of ether oxygens (including phenoxy) is 1. The van der Waals surface area contributed by atoms with Gasteiger partial charge in [-0.2, -0.15) is 0 Å². The van der Waals surface area contributed by atoms with Gasteiger partial charge in [-0.25, -0.2) is 0 Å². The largest absolute Gasteiger partial charge is 0.376 e. The summed E-state index contributed by atoms with van der Waals surface area (Å²) in [6.07, 6.45) is 2.33. The number of hydrogen-bond acceptors (Lipinski definition) is 3. The Hall–Kier alpha value is -1.48. The van der Waals surface area contributed by atoms with Crippen molar-refractivity contribution in [1.82, 2.24) is 0 Å². The Morgan fingerprint density at radius 1 is 1.05 bits per heavy atom. The van der Waals surface area contributed by atoms with Gasteiger partial charge in [0.1, 0.15) is 11.6 Å². The van der Waals surface area contributed by atoms with Crippen LogP contribution in [0.5, 0.6) is 0 Å². The van der Waals surface area contributed by atoms with Crippen molar-refractivity contribution in [1.29, 1.82) is 0 Å². The molecular formula is C16H18O3. The molecule has 3 heteroatoms. The highest BCUT2D eigenvalue weighted by Gasteiger charge is 2.57. The maximum absolute atomic E-state index is 11.8. The molecule has 0 aromatic heterocycles. The number of benzene rings is 1. The normalized spacial score (nSPS) is 21.9. The van der Waals surface area contributed by atoms with Crippen molar-refractivity contribution < 1.29 is 14.3 Å². The van der Waals surface area contributed by atoms with E-state index >= 15 is 0 Å². The smallest absolute Gasteiger partial charge is 0.146 e. The molecule has 2 aliphatic rings. The van der Waals surface area contributed by atoms with E-state index in [2.05, 4.69) is 0 Å². The third-order valence-corrected chi connectivity index (χ3v) is 4.39. The Morgan fingerprint density at radius 3 is 2.32 bits per heavy atom. The van der Waals surface area contributed by atoms with Crippen molar-refractivity contribution in [3.63, 3.8) is 0 Å². The second-order valence-electron chi connectivity index (χ2n) is 5.70. The van der Waals surface area contributed by atoms with Crippen LogP contribution in [0.4, 0.5) is 0 Å². The number of rotatable bonds is 4. The Morgan fingerprint density at radius 2 is 1.68 bits per heavy atom. The molecule has 0 saturated heterocycles. The predicted octanol–water partition coefficient (Wildman–Crippen LogP) is 2.53. The van der Waals surface area contributed by atoms with Gasteiger partial charge in [-0.3, -0.25) is 9.59 Å². The van der Waals surface area contributed by atoms with Crippen molar-refractivity contribution in [2.45, 2.75) is 32.3 Å². The first kappa shape index (κ1) is 12.5. The molecule has 0 heterocycles. The van der Waals surface area contributed by atoms with Crippen LogP contribution in [0.15, 0.2) is 30.3 Å². The van der Waals surface area contributed by atoms with Crippen LogP contribution >= 0.6 is 0 Å². The minimum Gasteiger partial charge on any atom is -0.376 e. The van der Waals surface area contributed by atoms with E-state index in [4.69, 9.17) is 4.74 Å². The lowest BCUT2D eigenvalue weighted by molar-refractivity contribution is -0.146. The van der Waals surface area contributed by atoms with Gasteiger partial charge in [0.15, 0.2) is 0 Å². The van der Waals surface area contributed by atoms with Crippen LogP contribution in [-0.2, 0) is 20.9 Å². The molecule has 0 atom stereocenters. The van der Waals surface area contributed by atoms with E-state index in [0.717, 1.165) is 5.56 Å². The van der Waals surface area contributed by atoms with E-state index in [1.54, 1.807) is 0 Å². The number of Topliss-reactive ketones (excluding diaryl/α,β-unsaturated/α-hetero) is 2. The van der Waals surface area contributed by atoms with Crippen LogP contribution in [0.1, 0.15) is 31.2 Å². The molecule has 0 amide bonds. The summed E-state index contributed by atoms with van der Waals surface area (Å²) in [5.41, 5.74) is 0.561. The molecular weight excluding hydrogens is 240 g/mol. The molecule has 3 rings (SSSR count). The molecule has 0 N–H and O–H groups in total. The van der Waals surface area contributed by atoms with Crippen LogP contribution in [0.2, 0.25) is 0 Å². The molecule has 0 aliphatic heterocycles. The highest BCUT2D eigenvalue weighted by atomic mass is 16.5. The van der Waals surface area contributed by atoms with Crippen LogP contribution in [0.3, 0.4) is 0 Å². The zero-order valence-corrected chi connectivity index (χ0v) is 10.9. The van der Waals surface area contributed by atoms with Gasteiger partial charge in [0.05, 0.1) is 12.0 Å². The molecule has 2 aliphatic carbocycles. The predicted molar refractivity (Wildman–Crippen MR) is 70.5 cm³/mol. The molecule has 1 aromatic carbocycles. The van der Waals surface area contributed by atoms with E-state index in [0.29, 0.717) is 44.8 Å². The standard InChI is InChI=1S/C16H18O3/c17-14-6-7-15(18)16(14)8-13(9-16)11-19-10-12-4-2-1-3-5-12/h1-5,13H,6-11H2. The summed E-state index contributed by atoms with van der Waals surface area (Å²) in [6, 6.07) is 10.0. The van der Waals surface area contributed by atoms with Gasteiger partial charge in [-0.1, -0.05) is 30.3 Å². The first-order valence-electron chi connectivity index (χ1n) is 6.89. The maximum Gasteiger partial charge on any atom is 0.146 e. The summed E-state index contributed by atoms with van der Waals surface area (Å²) < 4.78 is 5.67. The molecule has 0 unspecified atom stereocenters. The molecule has 3 nitrogen and oxygen atoms in total. The lowest BCUT2D eigenvalue weighted by Crippen LogP contribution is -2.47. The fourth-order valence-electron chi connectivity index (χ4n) is 3.28. The second-order valence-corrected chi connectivity index (χ2v) is 5.70. The van der Waals surface area contributed by atoms with E-state index < -0.39 is 5.41 Å². The minimum atomic E-state index is -0.596. The third-order valence-electron chi connectivity index (χ3n) is 4.39. The summed E-state index contributed by atoms with van der Waals surface area (Å²) in [7, 11) is 0. The lowest BCUT2D eigenvalue weighted by Gasteiger charge is -2.42. The topological polar surface area (TPSA) is 43.4 Å². The average molecular weight is 258 g/mol.